The Morgan fingerprint density at radius 3 is 2.21 bits per heavy atom. The predicted octanol–water partition coefficient (Wildman–Crippen LogP) is 6.23. The lowest BCUT2D eigenvalue weighted by Crippen LogP contribution is -2.27. The molecule has 3 aromatic rings. The maximum absolute atomic E-state index is 12.8. The highest BCUT2D eigenvalue weighted by Crippen LogP contribution is 2.36. The van der Waals surface area contributed by atoms with Crippen molar-refractivity contribution in [1.82, 2.24) is 0 Å². The fourth-order valence-corrected chi connectivity index (χ4v) is 4.36. The molecule has 0 aromatic heterocycles. The topological polar surface area (TPSA) is 29.5 Å². The molecule has 0 N–H and O–H groups in total. The van der Waals surface area contributed by atoms with E-state index in [1.807, 2.05) is 97.9 Å². The SMILES string of the molecule is C[C@H](Oc1ccc(/C=C2/SC(=S)N(c3ccccc3)C2=O)cc1)c1ccccc1. The normalized spacial score (nSPS) is 16.3. The van der Waals surface area contributed by atoms with Crippen LogP contribution in [0.3, 0.4) is 0 Å². The van der Waals surface area contributed by atoms with E-state index in [0.29, 0.717) is 9.23 Å². The van der Waals surface area contributed by atoms with E-state index in [4.69, 9.17) is 17.0 Å². The molecule has 0 bridgehead atoms. The standard InChI is InChI=1S/C24H19NO2S2/c1-17(19-8-4-2-5-9-19)27-21-14-12-18(13-15-21)16-22-23(26)25(24(28)29-22)20-10-6-3-7-11-20/h2-17H,1H3/b22-16+/t17-/m0/s1. The van der Waals surface area contributed by atoms with Crippen molar-refractivity contribution in [2.24, 2.45) is 0 Å². The highest BCUT2D eigenvalue weighted by atomic mass is 32.2. The van der Waals surface area contributed by atoms with Crippen molar-refractivity contribution in [2.75, 3.05) is 4.90 Å². The molecule has 0 spiro atoms. The lowest BCUT2D eigenvalue weighted by molar-refractivity contribution is -0.113. The fraction of sp³-hybridized carbons (Fsp3) is 0.0833. The van der Waals surface area contributed by atoms with Gasteiger partial charge in [-0.1, -0.05) is 84.6 Å². The van der Waals surface area contributed by atoms with Gasteiger partial charge in [0.15, 0.2) is 4.32 Å². The van der Waals surface area contributed by atoms with Gasteiger partial charge in [-0.25, -0.2) is 0 Å². The Hall–Kier alpha value is -2.89. The van der Waals surface area contributed by atoms with Crippen LogP contribution >= 0.6 is 24.0 Å². The lowest BCUT2D eigenvalue weighted by Gasteiger charge is -2.15. The van der Waals surface area contributed by atoms with Crippen molar-refractivity contribution in [1.29, 1.82) is 0 Å². The first-order valence-electron chi connectivity index (χ1n) is 9.26. The first kappa shape index (κ1) is 19.4. The number of amides is 1. The van der Waals surface area contributed by atoms with Gasteiger partial charge < -0.3 is 4.74 Å². The molecule has 4 rings (SSSR count). The number of hydrogen-bond donors (Lipinski definition) is 0. The number of thiocarbonyl (C=S) groups is 1. The second kappa shape index (κ2) is 8.64. The highest BCUT2D eigenvalue weighted by Gasteiger charge is 2.33. The molecule has 1 saturated heterocycles. The van der Waals surface area contributed by atoms with Crippen LogP contribution in [0.4, 0.5) is 5.69 Å². The van der Waals surface area contributed by atoms with Gasteiger partial charge in [0.05, 0.1) is 10.6 Å². The second-order valence-corrected chi connectivity index (χ2v) is 8.27. The molecular weight excluding hydrogens is 398 g/mol. The molecule has 1 aliphatic heterocycles. The number of rotatable bonds is 5. The van der Waals surface area contributed by atoms with E-state index in [1.165, 1.54) is 11.8 Å². The number of carbonyl (C=O) groups is 1. The summed E-state index contributed by atoms with van der Waals surface area (Å²) in [5, 5.41) is 0. The number of para-hydroxylation sites is 1. The third kappa shape index (κ3) is 4.42. The summed E-state index contributed by atoms with van der Waals surface area (Å²) in [7, 11) is 0. The molecule has 5 heteroatoms. The van der Waals surface area contributed by atoms with E-state index in [1.54, 1.807) is 4.90 Å². The zero-order valence-corrected chi connectivity index (χ0v) is 17.5. The third-order valence-electron chi connectivity index (χ3n) is 4.57. The summed E-state index contributed by atoms with van der Waals surface area (Å²) in [6, 6.07) is 27.3. The van der Waals surface area contributed by atoms with Gasteiger partial charge in [-0.05, 0) is 48.4 Å². The van der Waals surface area contributed by atoms with E-state index in [9.17, 15) is 4.79 Å². The molecular formula is C24H19NO2S2. The van der Waals surface area contributed by atoms with Crippen molar-refractivity contribution in [3.05, 3.63) is 101 Å². The molecule has 1 fully saturated rings. The Bertz CT molecular complexity index is 1050. The molecule has 1 amide bonds. The van der Waals surface area contributed by atoms with Gasteiger partial charge >= 0.3 is 0 Å². The zero-order valence-electron chi connectivity index (χ0n) is 15.8. The maximum Gasteiger partial charge on any atom is 0.270 e. The number of nitrogens with zero attached hydrogens (tertiary/aromatic N) is 1. The van der Waals surface area contributed by atoms with Crippen LogP contribution in [-0.4, -0.2) is 10.2 Å². The van der Waals surface area contributed by atoms with Crippen LogP contribution in [-0.2, 0) is 4.79 Å². The summed E-state index contributed by atoms with van der Waals surface area (Å²) >= 11 is 6.74. The largest absolute Gasteiger partial charge is 0.486 e. The van der Waals surface area contributed by atoms with E-state index in [0.717, 1.165) is 22.6 Å². The molecule has 3 aromatic carbocycles. The minimum absolute atomic E-state index is 0.0378. The summed E-state index contributed by atoms with van der Waals surface area (Å²) in [4.78, 5) is 15.0. The number of carbonyl (C=O) groups excluding carboxylic acids is 1. The minimum Gasteiger partial charge on any atom is -0.486 e. The predicted molar refractivity (Wildman–Crippen MR) is 124 cm³/mol. The molecule has 0 unspecified atom stereocenters. The molecule has 1 heterocycles. The number of anilines is 1. The molecule has 29 heavy (non-hydrogen) atoms. The molecule has 0 radical (unpaired) electrons. The average Bonchev–Trinajstić information content (AvgIpc) is 3.03. The van der Waals surface area contributed by atoms with E-state index >= 15 is 0 Å². The summed E-state index contributed by atoms with van der Waals surface area (Å²) in [6.45, 7) is 2.03. The van der Waals surface area contributed by atoms with Crippen molar-refractivity contribution in [3.8, 4) is 5.75 Å². The number of thioether (sulfide) groups is 1. The molecule has 0 aliphatic carbocycles. The van der Waals surface area contributed by atoms with Crippen molar-refractivity contribution in [3.63, 3.8) is 0 Å². The van der Waals surface area contributed by atoms with E-state index in [-0.39, 0.29) is 12.0 Å². The summed E-state index contributed by atoms with van der Waals surface area (Å²) < 4.78 is 6.56. The quantitative estimate of drug-likeness (QED) is 0.363. The molecule has 0 saturated carbocycles. The molecule has 144 valence electrons. The monoisotopic (exact) mass is 417 g/mol. The van der Waals surface area contributed by atoms with Gasteiger partial charge in [-0.15, -0.1) is 0 Å². The number of ether oxygens (including phenoxy) is 1. The highest BCUT2D eigenvalue weighted by molar-refractivity contribution is 8.27. The van der Waals surface area contributed by atoms with Gasteiger partial charge in [-0.3, -0.25) is 9.69 Å². The Kier molecular flexibility index (Phi) is 5.79. The summed E-state index contributed by atoms with van der Waals surface area (Å²) in [6.07, 6.45) is 1.83. The van der Waals surface area contributed by atoms with Gasteiger partial charge in [0.25, 0.3) is 5.91 Å². The fourth-order valence-electron chi connectivity index (χ4n) is 3.06. The second-order valence-electron chi connectivity index (χ2n) is 6.59. The Balaban J connectivity index is 1.48. The number of hydrogen-bond acceptors (Lipinski definition) is 4. The van der Waals surface area contributed by atoms with E-state index < -0.39 is 0 Å². The van der Waals surface area contributed by atoms with Gasteiger partial charge in [0, 0.05) is 0 Å². The maximum atomic E-state index is 12.8. The van der Waals surface area contributed by atoms with Crippen LogP contribution in [0, 0.1) is 0 Å². The van der Waals surface area contributed by atoms with Crippen LogP contribution in [0.1, 0.15) is 24.2 Å². The molecule has 3 nitrogen and oxygen atoms in total. The van der Waals surface area contributed by atoms with Crippen LogP contribution in [0.2, 0.25) is 0 Å². The summed E-state index contributed by atoms with van der Waals surface area (Å²) in [5.74, 6) is 0.694. The van der Waals surface area contributed by atoms with Crippen LogP contribution in [0.25, 0.3) is 6.08 Å². The Labute approximate surface area is 180 Å². The van der Waals surface area contributed by atoms with Crippen LogP contribution in [0.5, 0.6) is 5.75 Å². The first-order chi connectivity index (χ1) is 14.1. The van der Waals surface area contributed by atoms with Crippen molar-refractivity contribution in [2.45, 2.75) is 13.0 Å². The first-order valence-corrected chi connectivity index (χ1v) is 10.5. The zero-order chi connectivity index (χ0) is 20.2. The van der Waals surface area contributed by atoms with Crippen LogP contribution in [0.15, 0.2) is 89.8 Å². The third-order valence-corrected chi connectivity index (χ3v) is 5.87. The lowest BCUT2D eigenvalue weighted by atomic mass is 10.1. The van der Waals surface area contributed by atoms with Gasteiger partial charge in [-0.2, -0.15) is 0 Å². The molecule has 1 aliphatic rings. The van der Waals surface area contributed by atoms with E-state index in [2.05, 4.69) is 0 Å². The number of benzene rings is 3. The Morgan fingerprint density at radius 2 is 1.55 bits per heavy atom. The minimum atomic E-state index is -0.0933. The average molecular weight is 418 g/mol. The van der Waals surface area contributed by atoms with Crippen molar-refractivity contribution >= 4 is 46.0 Å². The smallest absolute Gasteiger partial charge is 0.270 e. The van der Waals surface area contributed by atoms with Crippen LogP contribution < -0.4 is 9.64 Å². The Morgan fingerprint density at radius 1 is 0.931 bits per heavy atom. The van der Waals surface area contributed by atoms with Gasteiger partial charge in [0.1, 0.15) is 11.9 Å². The summed E-state index contributed by atoms with van der Waals surface area (Å²) in [5.41, 5.74) is 2.84. The van der Waals surface area contributed by atoms with Gasteiger partial charge in [0.2, 0.25) is 0 Å². The van der Waals surface area contributed by atoms with Crippen molar-refractivity contribution < 1.29 is 9.53 Å². The molecule has 1 atom stereocenters.